The first kappa shape index (κ1) is 26.3. The Morgan fingerprint density at radius 3 is 2.73 bits per heavy atom. The van der Waals surface area contributed by atoms with Crippen LogP contribution in [0.25, 0.3) is 0 Å². The van der Waals surface area contributed by atoms with Gasteiger partial charge in [-0.1, -0.05) is 0 Å². The molecular weight excluding hydrogens is 533 g/mol. The number of halogens is 1. The van der Waals surface area contributed by atoms with Gasteiger partial charge < -0.3 is 29.2 Å². The average Bonchev–Trinajstić information content (AvgIpc) is 3.18. The van der Waals surface area contributed by atoms with Gasteiger partial charge in [0.2, 0.25) is 0 Å². The number of aliphatic imine (C=N–C) groups is 1. The zero-order chi connectivity index (χ0) is 22.3. The zero-order valence-electron chi connectivity index (χ0n) is 20.3. The third kappa shape index (κ3) is 7.11. The Labute approximate surface area is 215 Å². The minimum absolute atomic E-state index is 0. The van der Waals surface area contributed by atoms with Gasteiger partial charge in [-0.15, -0.1) is 24.0 Å². The van der Waals surface area contributed by atoms with E-state index in [0.717, 1.165) is 75.0 Å². The lowest BCUT2D eigenvalue weighted by Crippen LogP contribution is -2.47. The van der Waals surface area contributed by atoms with Crippen molar-refractivity contribution in [1.82, 2.24) is 10.2 Å². The highest BCUT2D eigenvalue weighted by molar-refractivity contribution is 14.0. The molecule has 0 aliphatic carbocycles. The normalized spacial score (nSPS) is 23.5. The fourth-order valence-electron chi connectivity index (χ4n) is 4.83. The topological polar surface area (TPSA) is 64.6 Å². The Morgan fingerprint density at radius 2 is 2.03 bits per heavy atom. The maximum Gasteiger partial charge on any atom is 0.193 e. The van der Waals surface area contributed by atoms with Crippen LogP contribution in [0.3, 0.4) is 0 Å². The summed E-state index contributed by atoms with van der Waals surface area (Å²) < 4.78 is 23.8. The molecule has 33 heavy (non-hydrogen) atoms. The average molecular weight is 574 g/mol. The third-order valence-electron chi connectivity index (χ3n) is 6.56. The lowest BCUT2D eigenvalue weighted by molar-refractivity contribution is -0.0721. The van der Waals surface area contributed by atoms with Gasteiger partial charge in [0.1, 0.15) is 17.6 Å². The number of hydrogen-bond acceptors (Lipinski definition) is 5. The minimum Gasteiger partial charge on any atom is -0.494 e. The van der Waals surface area contributed by atoms with Crippen LogP contribution in [-0.2, 0) is 22.4 Å². The van der Waals surface area contributed by atoms with Crippen LogP contribution in [0.4, 0.5) is 0 Å². The maximum atomic E-state index is 6.16. The molecule has 3 heterocycles. The minimum atomic E-state index is 0. The summed E-state index contributed by atoms with van der Waals surface area (Å²) in [6.07, 6.45) is 7.37. The first-order chi connectivity index (χ1) is 15.7. The van der Waals surface area contributed by atoms with Crippen LogP contribution in [0.2, 0.25) is 0 Å². The zero-order valence-corrected chi connectivity index (χ0v) is 22.6. The SMILES string of the molecule is CCOc1cc2c(cc1CNC(=NC)N1CCC(OCC3CCCCO3)CC1)OC(C)C2.I. The predicted molar refractivity (Wildman–Crippen MR) is 141 cm³/mol. The monoisotopic (exact) mass is 573 g/mol. The van der Waals surface area contributed by atoms with Gasteiger partial charge in [-0.05, 0) is 58.1 Å². The molecule has 0 saturated carbocycles. The van der Waals surface area contributed by atoms with E-state index in [1.807, 2.05) is 14.0 Å². The standard InChI is InChI=1S/C25H39N3O4.HI/c1-4-29-23-14-19-13-18(2)32-24(19)15-20(23)16-27-25(26-3)28-10-8-21(9-11-28)31-17-22-7-5-6-12-30-22;/h14-15,18,21-22H,4-13,16-17H2,1-3H3,(H,26,27);1H. The number of nitrogens with one attached hydrogen (secondary N) is 1. The van der Waals surface area contributed by atoms with Gasteiger partial charge in [0.25, 0.3) is 0 Å². The summed E-state index contributed by atoms with van der Waals surface area (Å²) in [6, 6.07) is 4.26. The number of nitrogens with zero attached hydrogens (tertiary/aromatic N) is 2. The van der Waals surface area contributed by atoms with Crippen molar-refractivity contribution in [2.75, 3.05) is 40.0 Å². The van der Waals surface area contributed by atoms with Gasteiger partial charge in [-0.25, -0.2) is 0 Å². The number of piperidine rings is 1. The van der Waals surface area contributed by atoms with Crippen molar-refractivity contribution >= 4 is 29.9 Å². The van der Waals surface area contributed by atoms with Crippen molar-refractivity contribution < 1.29 is 18.9 Å². The van der Waals surface area contributed by atoms with Crippen LogP contribution in [0.5, 0.6) is 11.5 Å². The Hall–Kier alpha value is -1.26. The second kappa shape index (κ2) is 13.0. The van der Waals surface area contributed by atoms with Gasteiger partial charge >= 0.3 is 0 Å². The van der Waals surface area contributed by atoms with E-state index in [0.29, 0.717) is 19.3 Å². The molecule has 0 amide bonds. The van der Waals surface area contributed by atoms with Crippen LogP contribution in [-0.4, -0.2) is 69.1 Å². The van der Waals surface area contributed by atoms with Crippen molar-refractivity contribution in [1.29, 1.82) is 0 Å². The molecule has 2 atom stereocenters. The molecule has 3 aliphatic rings. The number of hydrogen-bond donors (Lipinski definition) is 1. The van der Waals surface area contributed by atoms with Gasteiger partial charge in [0.05, 0.1) is 25.4 Å². The smallest absolute Gasteiger partial charge is 0.193 e. The molecule has 7 nitrogen and oxygen atoms in total. The van der Waals surface area contributed by atoms with Gasteiger partial charge in [-0.2, -0.15) is 0 Å². The van der Waals surface area contributed by atoms with E-state index in [9.17, 15) is 0 Å². The van der Waals surface area contributed by atoms with Crippen LogP contribution >= 0.6 is 24.0 Å². The molecule has 3 aliphatic heterocycles. The largest absolute Gasteiger partial charge is 0.494 e. The van der Waals surface area contributed by atoms with Crippen molar-refractivity contribution in [2.24, 2.45) is 4.99 Å². The highest BCUT2D eigenvalue weighted by atomic mass is 127. The molecule has 0 spiro atoms. The highest BCUT2D eigenvalue weighted by Crippen LogP contribution is 2.35. The van der Waals surface area contributed by atoms with Gasteiger partial charge in [-0.3, -0.25) is 4.99 Å². The number of benzene rings is 1. The predicted octanol–water partition coefficient (Wildman–Crippen LogP) is 4.15. The Bertz CT molecular complexity index is 777. The van der Waals surface area contributed by atoms with E-state index in [2.05, 4.69) is 34.3 Å². The molecule has 2 unspecified atom stereocenters. The quantitative estimate of drug-likeness (QED) is 0.301. The number of fused-ring (bicyclic) bond motifs is 1. The molecule has 186 valence electrons. The molecule has 1 aromatic carbocycles. The molecule has 4 rings (SSSR count). The lowest BCUT2D eigenvalue weighted by Gasteiger charge is -2.35. The fourth-order valence-corrected chi connectivity index (χ4v) is 4.83. The summed E-state index contributed by atoms with van der Waals surface area (Å²) in [6.45, 7) is 8.94. The van der Waals surface area contributed by atoms with E-state index in [-0.39, 0.29) is 36.2 Å². The summed E-state index contributed by atoms with van der Waals surface area (Å²) >= 11 is 0. The summed E-state index contributed by atoms with van der Waals surface area (Å²) in [5.41, 5.74) is 2.33. The van der Waals surface area contributed by atoms with Crippen molar-refractivity contribution in [3.63, 3.8) is 0 Å². The lowest BCUT2D eigenvalue weighted by atomic mass is 10.1. The summed E-state index contributed by atoms with van der Waals surface area (Å²) in [7, 11) is 1.85. The molecule has 8 heteroatoms. The number of likely N-dealkylation sites (tertiary alicyclic amines) is 1. The van der Waals surface area contributed by atoms with Crippen LogP contribution in [0, 0.1) is 0 Å². The number of ether oxygens (including phenoxy) is 4. The fraction of sp³-hybridized carbons (Fsp3) is 0.720. The molecule has 2 fully saturated rings. The Morgan fingerprint density at radius 1 is 1.21 bits per heavy atom. The Balaban J connectivity index is 0.00000306. The molecule has 1 aromatic rings. The van der Waals surface area contributed by atoms with Crippen LogP contribution < -0.4 is 14.8 Å². The maximum absolute atomic E-state index is 6.16. The second-order valence-corrected chi connectivity index (χ2v) is 9.04. The highest BCUT2D eigenvalue weighted by Gasteiger charge is 2.25. The summed E-state index contributed by atoms with van der Waals surface area (Å²) in [4.78, 5) is 6.85. The Kier molecular flexibility index (Phi) is 10.4. The molecule has 0 bridgehead atoms. The van der Waals surface area contributed by atoms with E-state index >= 15 is 0 Å². The van der Waals surface area contributed by atoms with Gasteiger partial charge in [0.15, 0.2) is 5.96 Å². The molecule has 0 radical (unpaired) electrons. The molecule has 0 aromatic heterocycles. The van der Waals surface area contributed by atoms with E-state index in [1.54, 1.807) is 0 Å². The van der Waals surface area contributed by atoms with Crippen molar-refractivity contribution in [3.8, 4) is 11.5 Å². The summed E-state index contributed by atoms with van der Waals surface area (Å²) in [5, 5.41) is 3.53. The van der Waals surface area contributed by atoms with Crippen LogP contribution in [0.1, 0.15) is 57.1 Å². The van der Waals surface area contributed by atoms with Crippen molar-refractivity contribution in [3.05, 3.63) is 23.3 Å². The second-order valence-electron chi connectivity index (χ2n) is 9.04. The molecule has 2 saturated heterocycles. The first-order valence-corrected chi connectivity index (χ1v) is 12.3. The van der Waals surface area contributed by atoms with E-state index in [4.69, 9.17) is 18.9 Å². The molecule has 1 N–H and O–H groups in total. The summed E-state index contributed by atoms with van der Waals surface area (Å²) in [5.74, 6) is 2.84. The van der Waals surface area contributed by atoms with Crippen molar-refractivity contribution in [2.45, 2.75) is 77.2 Å². The number of rotatable bonds is 7. The molecular formula is C25H40IN3O4. The third-order valence-corrected chi connectivity index (χ3v) is 6.56. The van der Waals surface area contributed by atoms with E-state index < -0.39 is 0 Å². The van der Waals surface area contributed by atoms with E-state index in [1.165, 1.54) is 18.4 Å². The number of guanidine groups is 1. The van der Waals surface area contributed by atoms with Crippen LogP contribution in [0.15, 0.2) is 17.1 Å². The van der Waals surface area contributed by atoms with Gasteiger partial charge in [0, 0.05) is 50.8 Å². The first-order valence-electron chi connectivity index (χ1n) is 12.3.